The monoisotopic (exact) mass is 230 g/mol. The Kier molecular flexibility index (Phi) is 7.76. The number of rotatable bonds is 7. The molecule has 0 bridgehead atoms. The van der Waals surface area contributed by atoms with E-state index < -0.39 is 0 Å². The van der Waals surface area contributed by atoms with Crippen LogP contribution in [0.4, 0.5) is 0 Å². The highest BCUT2D eigenvalue weighted by Gasteiger charge is 2.15. The first-order valence-electron chi connectivity index (χ1n) is 6.36. The number of ether oxygens (including phenoxy) is 2. The summed E-state index contributed by atoms with van der Waals surface area (Å²) in [5.41, 5.74) is 0. The fourth-order valence-electron chi connectivity index (χ4n) is 1.98. The molecular weight excluding hydrogens is 204 g/mol. The third kappa shape index (κ3) is 5.80. The van der Waals surface area contributed by atoms with E-state index in [0.29, 0.717) is 6.04 Å². The molecule has 0 aromatic heterocycles. The van der Waals surface area contributed by atoms with Crippen LogP contribution in [0.15, 0.2) is 0 Å². The zero-order valence-electron chi connectivity index (χ0n) is 10.7. The second-order valence-electron chi connectivity index (χ2n) is 4.38. The molecule has 1 saturated heterocycles. The van der Waals surface area contributed by atoms with Crippen LogP contribution in [0.1, 0.15) is 19.8 Å². The van der Waals surface area contributed by atoms with E-state index in [1.165, 1.54) is 6.42 Å². The van der Waals surface area contributed by atoms with Crippen molar-refractivity contribution in [1.29, 1.82) is 0 Å². The van der Waals surface area contributed by atoms with Crippen molar-refractivity contribution in [2.24, 2.45) is 0 Å². The Balaban J connectivity index is 2.01. The predicted molar refractivity (Wildman–Crippen MR) is 65.8 cm³/mol. The molecule has 4 nitrogen and oxygen atoms in total. The third-order valence-electron chi connectivity index (χ3n) is 3.10. The molecule has 0 aromatic rings. The molecule has 0 radical (unpaired) electrons. The topological polar surface area (TPSA) is 33.7 Å². The predicted octanol–water partition coefficient (Wildman–Crippen LogP) is 0.723. The molecular formula is C12H26N2O2. The number of nitrogens with one attached hydrogen (secondary N) is 1. The molecule has 1 aliphatic heterocycles. The van der Waals surface area contributed by atoms with Crippen molar-refractivity contribution in [3.63, 3.8) is 0 Å². The fraction of sp³-hybridized carbons (Fsp3) is 1.00. The first-order valence-corrected chi connectivity index (χ1v) is 6.36. The van der Waals surface area contributed by atoms with Crippen LogP contribution >= 0.6 is 0 Å². The largest absolute Gasteiger partial charge is 0.385 e. The van der Waals surface area contributed by atoms with Gasteiger partial charge in [0.15, 0.2) is 0 Å². The van der Waals surface area contributed by atoms with Gasteiger partial charge in [0.25, 0.3) is 0 Å². The normalized spacial score (nSPS) is 23.2. The molecule has 1 N–H and O–H groups in total. The Morgan fingerprint density at radius 2 is 2.12 bits per heavy atom. The minimum atomic E-state index is 0.678. The summed E-state index contributed by atoms with van der Waals surface area (Å²) >= 11 is 0. The van der Waals surface area contributed by atoms with Crippen molar-refractivity contribution in [2.75, 3.05) is 53.1 Å². The summed E-state index contributed by atoms with van der Waals surface area (Å²) in [6.07, 6.45) is 2.23. The number of hydrogen-bond donors (Lipinski definition) is 1. The van der Waals surface area contributed by atoms with Gasteiger partial charge in [-0.1, -0.05) is 0 Å². The van der Waals surface area contributed by atoms with Gasteiger partial charge in [0, 0.05) is 46.0 Å². The van der Waals surface area contributed by atoms with Gasteiger partial charge in [0.2, 0.25) is 0 Å². The second kappa shape index (κ2) is 8.93. The van der Waals surface area contributed by atoms with E-state index >= 15 is 0 Å². The maximum Gasteiger partial charge on any atom is 0.0593 e. The molecule has 4 heteroatoms. The summed E-state index contributed by atoms with van der Waals surface area (Å²) in [6, 6.07) is 0.678. The van der Waals surface area contributed by atoms with Crippen LogP contribution in [0.3, 0.4) is 0 Å². The summed E-state index contributed by atoms with van der Waals surface area (Å²) in [6.45, 7) is 9.20. The van der Waals surface area contributed by atoms with Crippen LogP contribution in [-0.2, 0) is 9.47 Å². The highest BCUT2D eigenvalue weighted by molar-refractivity contribution is 4.73. The van der Waals surface area contributed by atoms with Gasteiger partial charge in [-0.15, -0.1) is 0 Å². The maximum atomic E-state index is 5.59. The van der Waals surface area contributed by atoms with Gasteiger partial charge in [-0.25, -0.2) is 0 Å². The molecule has 1 atom stereocenters. The number of hydrogen-bond acceptors (Lipinski definition) is 4. The Labute approximate surface area is 99.3 Å². The highest BCUT2D eigenvalue weighted by Crippen LogP contribution is 2.05. The third-order valence-corrected chi connectivity index (χ3v) is 3.10. The van der Waals surface area contributed by atoms with Crippen molar-refractivity contribution in [2.45, 2.75) is 25.8 Å². The molecule has 96 valence electrons. The van der Waals surface area contributed by atoms with Crippen molar-refractivity contribution in [3.05, 3.63) is 0 Å². The van der Waals surface area contributed by atoms with E-state index in [-0.39, 0.29) is 0 Å². The summed E-state index contributed by atoms with van der Waals surface area (Å²) in [5, 5.41) is 3.43. The zero-order valence-corrected chi connectivity index (χ0v) is 10.7. The molecule has 0 amide bonds. The van der Waals surface area contributed by atoms with Crippen LogP contribution in [0.5, 0.6) is 0 Å². The summed E-state index contributed by atoms with van der Waals surface area (Å²) in [7, 11) is 1.73. The Bertz CT molecular complexity index is 167. The van der Waals surface area contributed by atoms with E-state index in [9.17, 15) is 0 Å². The summed E-state index contributed by atoms with van der Waals surface area (Å²) in [4.78, 5) is 2.51. The molecule has 1 heterocycles. The molecule has 1 unspecified atom stereocenters. The molecule has 16 heavy (non-hydrogen) atoms. The van der Waals surface area contributed by atoms with E-state index in [1.54, 1.807) is 7.11 Å². The quantitative estimate of drug-likeness (QED) is 0.654. The van der Waals surface area contributed by atoms with Gasteiger partial charge >= 0.3 is 0 Å². The Morgan fingerprint density at radius 1 is 1.25 bits per heavy atom. The SMILES string of the molecule is COCCCOCCN1CCNCCC1C. The summed E-state index contributed by atoms with van der Waals surface area (Å²) < 4.78 is 10.6. The van der Waals surface area contributed by atoms with Gasteiger partial charge in [0.1, 0.15) is 0 Å². The second-order valence-corrected chi connectivity index (χ2v) is 4.38. The number of methoxy groups -OCH3 is 1. The average Bonchev–Trinajstić information content (AvgIpc) is 2.49. The van der Waals surface area contributed by atoms with Crippen molar-refractivity contribution < 1.29 is 9.47 Å². The van der Waals surface area contributed by atoms with Gasteiger partial charge in [-0.3, -0.25) is 4.90 Å². The molecule has 0 spiro atoms. The average molecular weight is 230 g/mol. The fourth-order valence-corrected chi connectivity index (χ4v) is 1.98. The van der Waals surface area contributed by atoms with Gasteiger partial charge in [-0.2, -0.15) is 0 Å². The maximum absolute atomic E-state index is 5.59. The molecule has 1 fully saturated rings. The van der Waals surface area contributed by atoms with Gasteiger partial charge in [-0.05, 0) is 26.3 Å². The van der Waals surface area contributed by atoms with Crippen molar-refractivity contribution >= 4 is 0 Å². The molecule has 1 rings (SSSR count). The van der Waals surface area contributed by atoms with Crippen LogP contribution in [0, 0.1) is 0 Å². The first kappa shape index (κ1) is 13.9. The standard InChI is InChI=1S/C12H26N2O2/c1-12-4-5-13-6-7-14(12)8-11-16-10-3-9-15-2/h12-13H,3-11H2,1-2H3. The number of nitrogens with zero attached hydrogens (tertiary/aromatic N) is 1. The van der Waals surface area contributed by atoms with Crippen LogP contribution in [-0.4, -0.2) is 64.1 Å². The van der Waals surface area contributed by atoms with E-state index in [0.717, 1.165) is 52.4 Å². The van der Waals surface area contributed by atoms with Crippen LogP contribution in [0.2, 0.25) is 0 Å². The summed E-state index contributed by atoms with van der Waals surface area (Å²) in [5.74, 6) is 0. The van der Waals surface area contributed by atoms with E-state index in [1.807, 2.05) is 0 Å². The Morgan fingerprint density at radius 3 is 2.94 bits per heavy atom. The Hall–Kier alpha value is -0.160. The molecule has 0 aromatic carbocycles. The minimum absolute atomic E-state index is 0.678. The van der Waals surface area contributed by atoms with Crippen molar-refractivity contribution in [1.82, 2.24) is 10.2 Å². The van der Waals surface area contributed by atoms with Gasteiger partial charge in [0.05, 0.1) is 6.61 Å². The molecule has 0 aliphatic carbocycles. The lowest BCUT2D eigenvalue weighted by atomic mass is 10.2. The highest BCUT2D eigenvalue weighted by atomic mass is 16.5. The van der Waals surface area contributed by atoms with E-state index in [4.69, 9.17) is 9.47 Å². The lowest BCUT2D eigenvalue weighted by Gasteiger charge is -2.26. The lowest BCUT2D eigenvalue weighted by molar-refractivity contribution is 0.0761. The van der Waals surface area contributed by atoms with Crippen molar-refractivity contribution in [3.8, 4) is 0 Å². The smallest absolute Gasteiger partial charge is 0.0593 e. The minimum Gasteiger partial charge on any atom is -0.385 e. The molecule has 0 saturated carbocycles. The zero-order chi connectivity index (χ0) is 11.6. The van der Waals surface area contributed by atoms with Gasteiger partial charge < -0.3 is 14.8 Å². The van der Waals surface area contributed by atoms with Crippen LogP contribution in [0.25, 0.3) is 0 Å². The first-order chi connectivity index (χ1) is 7.84. The van der Waals surface area contributed by atoms with Crippen LogP contribution < -0.4 is 5.32 Å². The van der Waals surface area contributed by atoms with E-state index in [2.05, 4.69) is 17.1 Å². The molecule has 1 aliphatic rings. The lowest BCUT2D eigenvalue weighted by Crippen LogP contribution is -2.37.